The average Bonchev–Trinajstić information content (AvgIpc) is 2.49. The molecule has 0 atom stereocenters. The number of esters is 2. The maximum atomic E-state index is 14.4. The van der Waals surface area contributed by atoms with Gasteiger partial charge in [-0.05, 0) is 58.3 Å². The normalized spacial score (nSPS) is 21.8. The molecule has 4 nitrogen and oxygen atoms in total. The van der Waals surface area contributed by atoms with Crippen molar-refractivity contribution in [3.63, 3.8) is 0 Å². The van der Waals surface area contributed by atoms with Gasteiger partial charge in [-0.3, -0.25) is 0 Å². The molecule has 0 bridgehead atoms. The van der Waals surface area contributed by atoms with Crippen LogP contribution in [-0.4, -0.2) is 29.8 Å². The summed E-state index contributed by atoms with van der Waals surface area (Å²) in [6.45, 7) is 0.948. The maximum Gasteiger partial charge on any atom is 0.355 e. The van der Waals surface area contributed by atoms with Crippen molar-refractivity contribution in [1.82, 2.24) is 0 Å². The molecule has 0 aromatic heterocycles. The number of hydrogen-bond acceptors (Lipinski definition) is 4. The summed E-state index contributed by atoms with van der Waals surface area (Å²) < 4.78 is 24.7. The highest BCUT2D eigenvalue weighted by atomic mass is 19.1. The first kappa shape index (κ1) is 16.2. The van der Waals surface area contributed by atoms with E-state index in [-0.39, 0.29) is 12.2 Å². The van der Waals surface area contributed by atoms with Crippen LogP contribution in [0.15, 0.2) is 0 Å². The molecule has 0 aliphatic heterocycles. The molecule has 0 saturated heterocycles. The third-order valence-corrected chi connectivity index (χ3v) is 4.42. The van der Waals surface area contributed by atoms with Gasteiger partial charge in [0.1, 0.15) is 12.2 Å². The number of carbonyl (C=O) groups excluding carboxylic acids is 2. The Hall–Kier alpha value is -1.13. The molecule has 0 amide bonds. The van der Waals surface area contributed by atoms with Gasteiger partial charge in [-0.25, -0.2) is 14.0 Å². The summed E-state index contributed by atoms with van der Waals surface area (Å²) in [5.74, 6) is -2.20. The summed E-state index contributed by atoms with van der Waals surface area (Å²) in [5, 5.41) is 0. The van der Waals surface area contributed by atoms with E-state index < -0.39 is 17.6 Å². The van der Waals surface area contributed by atoms with Crippen LogP contribution in [0.1, 0.15) is 71.1 Å². The lowest BCUT2D eigenvalue weighted by Crippen LogP contribution is -2.45. The predicted octanol–water partition coefficient (Wildman–Crippen LogP) is 3.47. The van der Waals surface area contributed by atoms with Crippen LogP contribution in [0, 0.1) is 0 Å². The first-order chi connectivity index (χ1) is 10.00. The third-order valence-electron chi connectivity index (χ3n) is 4.42. The van der Waals surface area contributed by atoms with Gasteiger partial charge in [-0.1, -0.05) is 12.8 Å². The minimum absolute atomic E-state index is 0.260. The predicted molar refractivity (Wildman–Crippen MR) is 75.4 cm³/mol. The second-order valence-corrected chi connectivity index (χ2v) is 6.33. The van der Waals surface area contributed by atoms with E-state index in [4.69, 9.17) is 9.47 Å². The number of halogens is 1. The Bertz CT molecular complexity index is 334. The van der Waals surface area contributed by atoms with Crippen molar-refractivity contribution in [3.8, 4) is 0 Å². The van der Waals surface area contributed by atoms with E-state index in [1.807, 2.05) is 0 Å². The SMILES string of the molecule is CC(F)(C(=O)OC1CCCCC1)C(=O)OC1CCCCC1. The van der Waals surface area contributed by atoms with E-state index in [1.54, 1.807) is 0 Å². The standard InChI is InChI=1S/C16H25FO4/c1-16(17,14(18)20-12-8-4-2-5-9-12)15(19)21-13-10-6-3-7-11-13/h12-13H,2-11H2,1H3. The molecule has 2 aliphatic carbocycles. The fraction of sp³-hybridized carbons (Fsp3) is 0.875. The number of alkyl halides is 1. The van der Waals surface area contributed by atoms with Crippen molar-refractivity contribution >= 4 is 11.9 Å². The molecule has 21 heavy (non-hydrogen) atoms. The molecule has 0 spiro atoms. The molecular formula is C16H25FO4. The fourth-order valence-electron chi connectivity index (χ4n) is 2.97. The summed E-state index contributed by atoms with van der Waals surface area (Å²) in [6, 6.07) is 0. The fourth-order valence-corrected chi connectivity index (χ4v) is 2.97. The Morgan fingerprint density at radius 1 is 0.810 bits per heavy atom. The van der Waals surface area contributed by atoms with Crippen LogP contribution in [0.2, 0.25) is 0 Å². The van der Waals surface area contributed by atoms with Crippen LogP contribution < -0.4 is 0 Å². The van der Waals surface area contributed by atoms with Crippen molar-refractivity contribution in [2.45, 2.75) is 89.0 Å². The van der Waals surface area contributed by atoms with E-state index in [1.165, 1.54) is 0 Å². The zero-order valence-electron chi connectivity index (χ0n) is 12.7. The van der Waals surface area contributed by atoms with Crippen molar-refractivity contribution < 1.29 is 23.5 Å². The lowest BCUT2D eigenvalue weighted by atomic mass is 9.97. The maximum absolute atomic E-state index is 14.4. The zero-order valence-corrected chi connectivity index (χ0v) is 12.7. The minimum Gasteiger partial charge on any atom is -0.460 e. The lowest BCUT2D eigenvalue weighted by Gasteiger charge is -2.27. The first-order valence-electron chi connectivity index (χ1n) is 8.11. The van der Waals surface area contributed by atoms with Gasteiger partial charge in [0.05, 0.1) is 0 Å². The second kappa shape index (κ2) is 7.23. The molecule has 2 aliphatic rings. The largest absolute Gasteiger partial charge is 0.460 e. The Balaban J connectivity index is 1.85. The summed E-state index contributed by atoms with van der Waals surface area (Å²) in [5.41, 5.74) is -2.70. The Labute approximate surface area is 125 Å². The molecule has 2 saturated carbocycles. The van der Waals surface area contributed by atoms with E-state index in [9.17, 15) is 14.0 Å². The molecule has 0 N–H and O–H groups in total. The topological polar surface area (TPSA) is 52.6 Å². The van der Waals surface area contributed by atoms with E-state index in [0.29, 0.717) is 0 Å². The molecule has 0 heterocycles. The Morgan fingerprint density at radius 2 is 1.14 bits per heavy atom. The van der Waals surface area contributed by atoms with E-state index in [2.05, 4.69) is 0 Å². The van der Waals surface area contributed by atoms with Gasteiger partial charge < -0.3 is 9.47 Å². The number of hydrogen-bond donors (Lipinski definition) is 0. The molecule has 0 aromatic carbocycles. The highest BCUT2D eigenvalue weighted by Crippen LogP contribution is 2.26. The quantitative estimate of drug-likeness (QED) is 0.589. The molecule has 120 valence electrons. The van der Waals surface area contributed by atoms with Crippen molar-refractivity contribution in [2.75, 3.05) is 0 Å². The highest BCUT2D eigenvalue weighted by molar-refractivity contribution is 6.03. The van der Waals surface area contributed by atoms with Crippen LogP contribution in [0.25, 0.3) is 0 Å². The van der Waals surface area contributed by atoms with E-state index in [0.717, 1.165) is 71.1 Å². The number of carbonyl (C=O) groups is 2. The average molecular weight is 300 g/mol. The Morgan fingerprint density at radius 3 is 1.48 bits per heavy atom. The number of ether oxygens (including phenoxy) is 2. The summed E-state index contributed by atoms with van der Waals surface area (Å²) in [6.07, 6.45) is 8.63. The molecule has 0 aromatic rings. The summed E-state index contributed by atoms with van der Waals surface area (Å²) in [4.78, 5) is 23.8. The second-order valence-electron chi connectivity index (χ2n) is 6.33. The van der Waals surface area contributed by atoms with Gasteiger partial charge in [0, 0.05) is 0 Å². The Kier molecular flexibility index (Phi) is 5.59. The zero-order chi connectivity index (χ0) is 15.3. The lowest BCUT2D eigenvalue weighted by molar-refractivity contribution is -0.181. The smallest absolute Gasteiger partial charge is 0.355 e. The van der Waals surface area contributed by atoms with Crippen LogP contribution in [0.4, 0.5) is 4.39 Å². The molecule has 0 radical (unpaired) electrons. The van der Waals surface area contributed by atoms with Crippen molar-refractivity contribution in [2.24, 2.45) is 0 Å². The van der Waals surface area contributed by atoms with Gasteiger partial charge in [0.25, 0.3) is 5.67 Å². The van der Waals surface area contributed by atoms with Gasteiger partial charge in [-0.15, -0.1) is 0 Å². The van der Waals surface area contributed by atoms with Crippen molar-refractivity contribution in [3.05, 3.63) is 0 Å². The van der Waals surface area contributed by atoms with E-state index >= 15 is 0 Å². The summed E-state index contributed by atoms with van der Waals surface area (Å²) >= 11 is 0. The first-order valence-corrected chi connectivity index (χ1v) is 8.11. The number of rotatable bonds is 4. The third kappa shape index (κ3) is 4.42. The van der Waals surface area contributed by atoms with Crippen LogP contribution in [0.3, 0.4) is 0 Å². The van der Waals surface area contributed by atoms with Gasteiger partial charge in [0.2, 0.25) is 0 Å². The minimum atomic E-state index is -2.70. The summed E-state index contributed by atoms with van der Waals surface area (Å²) in [7, 11) is 0. The molecular weight excluding hydrogens is 275 g/mol. The van der Waals surface area contributed by atoms with Gasteiger partial charge in [-0.2, -0.15) is 0 Å². The monoisotopic (exact) mass is 300 g/mol. The van der Waals surface area contributed by atoms with Crippen LogP contribution in [0.5, 0.6) is 0 Å². The van der Waals surface area contributed by atoms with Crippen molar-refractivity contribution in [1.29, 1.82) is 0 Å². The highest BCUT2D eigenvalue weighted by Gasteiger charge is 2.47. The van der Waals surface area contributed by atoms with Gasteiger partial charge >= 0.3 is 11.9 Å². The van der Waals surface area contributed by atoms with Crippen LogP contribution >= 0.6 is 0 Å². The molecule has 2 fully saturated rings. The molecule has 2 rings (SSSR count). The molecule has 5 heteroatoms. The molecule has 0 unspecified atom stereocenters. The van der Waals surface area contributed by atoms with Crippen LogP contribution in [-0.2, 0) is 19.1 Å². The van der Waals surface area contributed by atoms with Gasteiger partial charge in [0.15, 0.2) is 0 Å².